The molecule has 0 spiro atoms. The second-order valence-corrected chi connectivity index (χ2v) is 31.3. The van der Waals surface area contributed by atoms with Crippen molar-refractivity contribution in [1.29, 1.82) is 0 Å². The number of aryl methyl sites for hydroxylation is 4. The van der Waals surface area contributed by atoms with Crippen LogP contribution in [-0.2, 0) is 53.4 Å². The number of benzene rings is 8. The highest BCUT2D eigenvalue weighted by Crippen LogP contribution is 2.30. The maximum absolute atomic E-state index is 2.51. The first kappa shape index (κ1) is 77.0. The van der Waals surface area contributed by atoms with Gasteiger partial charge in [0.2, 0.25) is 22.8 Å². The van der Waals surface area contributed by atoms with Crippen LogP contribution >= 0.6 is 43.2 Å². The zero-order valence-electron chi connectivity index (χ0n) is 61.8. The summed E-state index contributed by atoms with van der Waals surface area (Å²) in [5, 5.41) is 0. The molecule has 0 fully saturated rings. The molecule has 12 heteroatoms. The summed E-state index contributed by atoms with van der Waals surface area (Å²) in [5.41, 5.74) is 19.9. The first-order valence-corrected chi connectivity index (χ1v) is 41.9. The standard InChI is InChI=1S/C48H52N4S2.C46H48N4S2/c1-3-49-33-13-11-19-45(49)27-21-41-23-29-47(30-24-41)51(39-43-15-7-5-8-16-43)35-37-53-54-38-36-52(40-44-17-9-6-10-18-44)48-31-25-42(26-32-48)22-28-46-20-12-14-34-50(46)4-2;1-47-31-11-9-17-43(47)25-19-39-21-27-45(28-22-39)49(37-41-13-5-3-6-14-41)33-35-51-52-36-34-50(38-42-15-7-4-8-16-42)46-29-23-40(24-30-46)20-26-44-18-10-12-32-48(44)2/h5-34H,3-4,35-40H2,1-2H3;3-32H,33-38H2,1-2H3/q2*+2. The lowest BCUT2D eigenvalue weighted by molar-refractivity contribution is -0.695. The number of hydrogen-bond donors (Lipinski definition) is 0. The molecule has 0 atom stereocenters. The number of pyridine rings is 4. The molecule has 0 N–H and O–H groups in total. The highest BCUT2D eigenvalue weighted by Gasteiger charge is 2.15. The topological polar surface area (TPSA) is 28.5 Å². The maximum Gasteiger partial charge on any atom is 0.205 e. The maximum atomic E-state index is 2.51. The van der Waals surface area contributed by atoms with Crippen molar-refractivity contribution in [3.63, 3.8) is 0 Å². The fraction of sp³-hybridized carbons (Fsp3) is 0.191. The molecule has 8 nitrogen and oxygen atoms in total. The molecule has 0 aliphatic rings. The van der Waals surface area contributed by atoms with Crippen LogP contribution in [0.4, 0.5) is 22.7 Å². The van der Waals surface area contributed by atoms with Gasteiger partial charge in [0, 0.05) is 171 Å². The number of anilines is 4. The molecule has 12 aromatic rings. The summed E-state index contributed by atoms with van der Waals surface area (Å²) < 4.78 is 8.78. The minimum Gasteiger partial charge on any atom is -0.366 e. The predicted molar refractivity (Wildman–Crippen MR) is 461 cm³/mol. The average Bonchev–Trinajstić information content (AvgIpc) is 0.881. The van der Waals surface area contributed by atoms with E-state index in [4.69, 9.17) is 0 Å². The van der Waals surface area contributed by atoms with Crippen molar-refractivity contribution in [2.45, 2.75) is 53.1 Å². The van der Waals surface area contributed by atoms with Crippen LogP contribution in [0.2, 0.25) is 0 Å². The van der Waals surface area contributed by atoms with Gasteiger partial charge in [-0.1, -0.05) is 213 Å². The highest BCUT2D eigenvalue weighted by molar-refractivity contribution is 8.77. The Balaban J connectivity index is 0.000000212. The Morgan fingerprint density at radius 3 is 0.717 bits per heavy atom. The molecule has 106 heavy (non-hydrogen) atoms. The van der Waals surface area contributed by atoms with E-state index in [0.29, 0.717) is 0 Å². The Morgan fingerprint density at radius 2 is 0.472 bits per heavy atom. The van der Waals surface area contributed by atoms with Crippen LogP contribution in [0.25, 0.3) is 48.6 Å². The minimum atomic E-state index is 0.890. The van der Waals surface area contributed by atoms with E-state index in [2.05, 4.69) is 430 Å². The van der Waals surface area contributed by atoms with Crippen molar-refractivity contribution in [2.24, 2.45) is 14.1 Å². The Kier molecular flexibility index (Phi) is 31.1. The van der Waals surface area contributed by atoms with Crippen molar-refractivity contribution < 1.29 is 18.3 Å². The van der Waals surface area contributed by atoms with E-state index in [1.54, 1.807) is 0 Å². The quantitative estimate of drug-likeness (QED) is 0.0218. The Labute approximate surface area is 647 Å². The van der Waals surface area contributed by atoms with Gasteiger partial charge in [0.1, 0.15) is 27.2 Å². The molecule has 536 valence electrons. The van der Waals surface area contributed by atoms with Crippen molar-refractivity contribution in [3.8, 4) is 0 Å². The Bertz CT molecular complexity index is 4360. The van der Waals surface area contributed by atoms with Crippen LogP contribution in [-0.4, -0.2) is 49.2 Å². The summed E-state index contributed by atoms with van der Waals surface area (Å²) in [4.78, 5) is 10.0. The monoisotopic (exact) mass is 1470 g/mol. The smallest absolute Gasteiger partial charge is 0.205 e. The molecule has 0 radical (unpaired) electrons. The van der Waals surface area contributed by atoms with Crippen LogP contribution in [0.5, 0.6) is 0 Å². The van der Waals surface area contributed by atoms with Crippen molar-refractivity contribution in [2.75, 3.05) is 68.8 Å². The van der Waals surface area contributed by atoms with Gasteiger partial charge in [-0.2, -0.15) is 9.13 Å². The lowest BCUT2D eigenvalue weighted by Gasteiger charge is -2.26. The van der Waals surface area contributed by atoms with Gasteiger partial charge in [-0.3, -0.25) is 0 Å². The fourth-order valence-electron chi connectivity index (χ4n) is 12.4. The first-order chi connectivity index (χ1) is 52.3. The van der Waals surface area contributed by atoms with E-state index < -0.39 is 0 Å². The molecule has 0 saturated heterocycles. The van der Waals surface area contributed by atoms with Crippen molar-refractivity contribution in [3.05, 3.63) is 383 Å². The van der Waals surface area contributed by atoms with Gasteiger partial charge >= 0.3 is 0 Å². The second-order valence-electron chi connectivity index (χ2n) is 25.9. The van der Waals surface area contributed by atoms with Crippen molar-refractivity contribution >= 4 is 115 Å². The molecular weight excluding hydrogens is 1370 g/mol. The molecule has 4 heterocycles. The summed E-state index contributed by atoms with van der Waals surface area (Å²) in [6.07, 6.45) is 26.0. The van der Waals surface area contributed by atoms with E-state index >= 15 is 0 Å². The highest BCUT2D eigenvalue weighted by atomic mass is 33.1. The second kappa shape index (κ2) is 42.8. The molecule has 0 aliphatic heterocycles. The first-order valence-electron chi connectivity index (χ1n) is 36.9. The number of rotatable bonds is 36. The Hall–Kier alpha value is -10.1. The van der Waals surface area contributed by atoms with Gasteiger partial charge in [0.25, 0.3) is 0 Å². The molecule has 8 aromatic carbocycles. The zero-order chi connectivity index (χ0) is 73.0. The lowest BCUT2D eigenvalue weighted by atomic mass is 10.1. The molecule has 0 saturated carbocycles. The number of aromatic nitrogens is 4. The minimum absolute atomic E-state index is 0.890. The SMILES string of the molecule is CC[n+]1ccccc1/C=C/c1ccc(N(CCSSCCN(Cc2ccccc2)c2ccc(/C=C/c3cccc[n+]3CC)cc2)Cc2ccccc2)cc1.C[n+]1ccccc1/C=C/c1ccc(N(CCSSCCN(Cc2ccccc2)c2ccc(/C=C/c3cccc[n+]3C)cc2)Cc2ccccc2)cc1. The normalized spacial score (nSPS) is 11.4. The van der Waals surface area contributed by atoms with Gasteiger partial charge in [-0.15, -0.1) is 0 Å². The summed E-state index contributed by atoms with van der Waals surface area (Å²) in [5.74, 6) is 4.18. The van der Waals surface area contributed by atoms with Gasteiger partial charge in [-0.25, -0.2) is 9.13 Å². The largest absolute Gasteiger partial charge is 0.366 e. The molecule has 0 amide bonds. The van der Waals surface area contributed by atoms with E-state index in [0.717, 1.165) is 88.5 Å². The van der Waals surface area contributed by atoms with Crippen molar-refractivity contribution in [1.82, 2.24) is 0 Å². The van der Waals surface area contributed by atoms with Crippen LogP contribution in [0, 0.1) is 0 Å². The van der Waals surface area contributed by atoms with E-state index in [-0.39, 0.29) is 0 Å². The average molecular weight is 1470 g/mol. The zero-order valence-corrected chi connectivity index (χ0v) is 65.0. The van der Waals surface area contributed by atoms with Crippen LogP contribution in [0.3, 0.4) is 0 Å². The van der Waals surface area contributed by atoms with Gasteiger partial charge in [-0.05, 0) is 155 Å². The molecule has 0 unspecified atom stereocenters. The van der Waals surface area contributed by atoms with Gasteiger partial charge < -0.3 is 19.6 Å². The summed E-state index contributed by atoms with van der Waals surface area (Å²) in [6, 6.07) is 104. The third kappa shape index (κ3) is 25.1. The van der Waals surface area contributed by atoms with Crippen LogP contribution in [0.1, 0.15) is 81.1 Å². The van der Waals surface area contributed by atoms with Gasteiger partial charge in [0.15, 0.2) is 24.8 Å². The number of hydrogen-bond acceptors (Lipinski definition) is 8. The van der Waals surface area contributed by atoms with E-state index in [1.807, 2.05) is 43.2 Å². The predicted octanol–water partition coefficient (Wildman–Crippen LogP) is 20.5. The van der Waals surface area contributed by atoms with Crippen LogP contribution < -0.4 is 37.9 Å². The molecular formula is C94H100N8S4+4. The molecule has 0 aliphatic carbocycles. The Morgan fingerprint density at radius 1 is 0.245 bits per heavy atom. The van der Waals surface area contributed by atoms with E-state index in [9.17, 15) is 0 Å². The lowest BCUT2D eigenvalue weighted by Crippen LogP contribution is -2.34. The fourth-order valence-corrected chi connectivity index (χ4v) is 16.4. The summed E-state index contributed by atoms with van der Waals surface area (Å²) in [6.45, 7) is 13.7. The number of nitrogens with zero attached hydrogens (tertiary/aromatic N) is 8. The molecule has 12 rings (SSSR count). The van der Waals surface area contributed by atoms with Gasteiger partial charge in [0.05, 0.1) is 0 Å². The third-order valence-corrected chi connectivity index (χ3v) is 23.2. The summed E-state index contributed by atoms with van der Waals surface area (Å²) >= 11 is 0. The van der Waals surface area contributed by atoms with E-state index in [1.165, 1.54) is 90.0 Å². The molecule has 4 aromatic heterocycles. The molecule has 0 bridgehead atoms. The third-order valence-electron chi connectivity index (χ3n) is 18.5. The van der Waals surface area contributed by atoms with Crippen LogP contribution in [0.15, 0.2) is 316 Å². The summed E-state index contributed by atoms with van der Waals surface area (Å²) in [7, 11) is 12.0.